The Morgan fingerprint density at radius 2 is 1.82 bits per heavy atom. The Kier molecular flexibility index (Phi) is 8.12. The minimum atomic E-state index is -0.896. The van der Waals surface area contributed by atoms with E-state index < -0.39 is 17.7 Å². The minimum Gasteiger partial charge on any atom is -0.444 e. The van der Waals surface area contributed by atoms with Crippen molar-refractivity contribution in [1.82, 2.24) is 15.5 Å². The molecule has 0 aliphatic carbocycles. The van der Waals surface area contributed by atoms with E-state index in [-0.39, 0.29) is 18.4 Å². The fraction of sp³-hybridized carbons (Fsp3) is 0.632. The van der Waals surface area contributed by atoms with Crippen LogP contribution in [0, 0.1) is 0 Å². The van der Waals surface area contributed by atoms with Crippen molar-refractivity contribution >= 4 is 40.8 Å². The van der Waals surface area contributed by atoms with E-state index in [2.05, 4.69) is 10.6 Å². The molecule has 1 saturated heterocycles. The van der Waals surface area contributed by atoms with Crippen LogP contribution in [0.25, 0.3) is 0 Å². The van der Waals surface area contributed by atoms with Gasteiger partial charge in [-0.25, -0.2) is 4.79 Å². The standard InChI is InChI=1S/C19H28ClN3O4S/c1-19(2,3)27-18(26)22-13(17(25)23-10-6-4-5-7-11-23)12-21-16(24)14-8-9-15(20)28-14/h8-9,13H,4-7,10-12H2,1-3H3,(H,21,24)(H,22,26). The van der Waals surface area contributed by atoms with E-state index in [1.54, 1.807) is 37.8 Å². The number of carbonyl (C=O) groups is 3. The van der Waals surface area contributed by atoms with Crippen LogP contribution in [0.15, 0.2) is 12.1 Å². The first kappa shape index (κ1) is 22.5. The number of nitrogens with one attached hydrogen (secondary N) is 2. The summed E-state index contributed by atoms with van der Waals surface area (Å²) in [5.41, 5.74) is -0.683. The third-order valence-corrected chi connectivity index (χ3v) is 5.40. The summed E-state index contributed by atoms with van der Waals surface area (Å²) in [6.45, 7) is 6.53. The van der Waals surface area contributed by atoms with E-state index in [0.29, 0.717) is 22.3 Å². The average molecular weight is 430 g/mol. The van der Waals surface area contributed by atoms with Gasteiger partial charge in [-0.05, 0) is 45.7 Å². The number of rotatable bonds is 5. The zero-order valence-corrected chi connectivity index (χ0v) is 18.1. The second-order valence-electron chi connectivity index (χ2n) is 7.75. The van der Waals surface area contributed by atoms with Crippen LogP contribution in [0.5, 0.6) is 0 Å². The molecule has 1 aromatic heterocycles. The monoisotopic (exact) mass is 429 g/mol. The van der Waals surface area contributed by atoms with Crippen LogP contribution in [-0.4, -0.2) is 54.1 Å². The lowest BCUT2D eigenvalue weighted by atomic mass is 10.2. The molecule has 28 heavy (non-hydrogen) atoms. The van der Waals surface area contributed by atoms with Gasteiger partial charge < -0.3 is 20.3 Å². The average Bonchev–Trinajstić information content (AvgIpc) is 2.87. The maximum atomic E-state index is 13.0. The molecule has 1 fully saturated rings. The van der Waals surface area contributed by atoms with Gasteiger partial charge in [-0.15, -0.1) is 11.3 Å². The van der Waals surface area contributed by atoms with Crippen LogP contribution in [0.3, 0.4) is 0 Å². The second-order valence-corrected chi connectivity index (χ2v) is 9.47. The lowest BCUT2D eigenvalue weighted by Crippen LogP contribution is -2.54. The number of amides is 3. The van der Waals surface area contributed by atoms with E-state index >= 15 is 0 Å². The molecular weight excluding hydrogens is 402 g/mol. The van der Waals surface area contributed by atoms with Crippen LogP contribution in [0.1, 0.15) is 56.1 Å². The summed E-state index contributed by atoms with van der Waals surface area (Å²) >= 11 is 7.02. The van der Waals surface area contributed by atoms with Gasteiger partial charge in [0.15, 0.2) is 0 Å². The maximum absolute atomic E-state index is 13.0. The lowest BCUT2D eigenvalue weighted by Gasteiger charge is -2.28. The molecule has 0 bridgehead atoms. The first-order valence-electron chi connectivity index (χ1n) is 9.47. The van der Waals surface area contributed by atoms with E-state index in [0.717, 1.165) is 37.0 Å². The molecule has 1 unspecified atom stereocenters. The summed E-state index contributed by atoms with van der Waals surface area (Å²) < 4.78 is 5.78. The molecule has 2 rings (SSSR count). The number of halogens is 1. The predicted octanol–water partition coefficient (Wildman–Crippen LogP) is 3.43. The van der Waals surface area contributed by atoms with Gasteiger partial charge in [0.2, 0.25) is 5.91 Å². The molecule has 1 aliphatic rings. The van der Waals surface area contributed by atoms with E-state index in [1.807, 2.05) is 0 Å². The van der Waals surface area contributed by atoms with Crippen molar-refractivity contribution < 1.29 is 19.1 Å². The topological polar surface area (TPSA) is 87.7 Å². The summed E-state index contributed by atoms with van der Waals surface area (Å²) in [5.74, 6) is -0.547. The van der Waals surface area contributed by atoms with Gasteiger partial charge in [0.25, 0.3) is 5.91 Å². The Hall–Kier alpha value is -1.80. The SMILES string of the molecule is CC(C)(C)OC(=O)NC(CNC(=O)c1ccc(Cl)s1)C(=O)N1CCCCCC1. The van der Waals surface area contributed by atoms with E-state index in [1.165, 1.54) is 0 Å². The van der Waals surface area contributed by atoms with Gasteiger partial charge >= 0.3 is 6.09 Å². The molecule has 0 saturated carbocycles. The molecular formula is C19H28ClN3O4S. The summed E-state index contributed by atoms with van der Waals surface area (Å²) in [4.78, 5) is 39.7. The first-order valence-corrected chi connectivity index (χ1v) is 10.7. The Labute approximate surface area is 174 Å². The number of nitrogens with zero attached hydrogens (tertiary/aromatic N) is 1. The third kappa shape index (κ3) is 7.31. The first-order chi connectivity index (χ1) is 13.2. The van der Waals surface area contributed by atoms with Crippen LogP contribution in [0.4, 0.5) is 4.79 Å². The van der Waals surface area contributed by atoms with Gasteiger partial charge in [-0.3, -0.25) is 9.59 Å². The van der Waals surface area contributed by atoms with Gasteiger partial charge in [-0.2, -0.15) is 0 Å². The van der Waals surface area contributed by atoms with E-state index in [4.69, 9.17) is 16.3 Å². The molecule has 2 N–H and O–H groups in total. The van der Waals surface area contributed by atoms with Gasteiger partial charge in [0.05, 0.1) is 9.21 Å². The van der Waals surface area contributed by atoms with Gasteiger partial charge in [-0.1, -0.05) is 24.4 Å². The zero-order valence-electron chi connectivity index (χ0n) is 16.5. The van der Waals surface area contributed by atoms with E-state index in [9.17, 15) is 14.4 Å². The number of ether oxygens (including phenoxy) is 1. The molecule has 0 spiro atoms. The highest BCUT2D eigenvalue weighted by atomic mass is 35.5. The minimum absolute atomic E-state index is 0.0249. The predicted molar refractivity (Wildman–Crippen MR) is 110 cm³/mol. The van der Waals surface area contributed by atoms with Crippen LogP contribution < -0.4 is 10.6 Å². The summed E-state index contributed by atoms with van der Waals surface area (Å²) in [6.07, 6.45) is 3.36. The fourth-order valence-electron chi connectivity index (χ4n) is 2.88. The Balaban J connectivity index is 2.04. The smallest absolute Gasteiger partial charge is 0.408 e. The molecule has 0 radical (unpaired) electrons. The van der Waals surface area contributed by atoms with Crippen molar-refractivity contribution in [2.24, 2.45) is 0 Å². The molecule has 7 nitrogen and oxygen atoms in total. The Morgan fingerprint density at radius 1 is 1.18 bits per heavy atom. The van der Waals surface area contributed by atoms with Crippen molar-refractivity contribution in [2.75, 3.05) is 19.6 Å². The number of hydrogen-bond acceptors (Lipinski definition) is 5. The maximum Gasteiger partial charge on any atom is 0.408 e. The summed E-state index contributed by atoms with van der Waals surface area (Å²) in [7, 11) is 0. The van der Waals surface area contributed by atoms with Crippen LogP contribution >= 0.6 is 22.9 Å². The number of alkyl carbamates (subject to hydrolysis) is 1. The Bertz CT molecular complexity index is 694. The van der Waals surface area contributed by atoms with Crippen LogP contribution in [0.2, 0.25) is 4.34 Å². The molecule has 156 valence electrons. The third-order valence-electron chi connectivity index (χ3n) is 4.17. The highest BCUT2D eigenvalue weighted by molar-refractivity contribution is 7.17. The second kappa shape index (κ2) is 10.1. The summed E-state index contributed by atoms with van der Waals surface area (Å²) in [6, 6.07) is 2.36. The molecule has 3 amide bonds. The van der Waals surface area contributed by atoms with Crippen molar-refractivity contribution in [3.63, 3.8) is 0 Å². The molecule has 2 heterocycles. The normalized spacial score (nSPS) is 16.1. The largest absolute Gasteiger partial charge is 0.444 e. The van der Waals surface area contributed by atoms with Gasteiger partial charge in [0.1, 0.15) is 11.6 Å². The highest BCUT2D eigenvalue weighted by Crippen LogP contribution is 2.21. The number of thiophene rings is 1. The fourth-order valence-corrected chi connectivity index (χ4v) is 3.84. The zero-order chi connectivity index (χ0) is 20.7. The number of likely N-dealkylation sites (tertiary alicyclic amines) is 1. The van der Waals surface area contributed by atoms with Crippen LogP contribution in [-0.2, 0) is 9.53 Å². The molecule has 0 aromatic carbocycles. The summed E-state index contributed by atoms with van der Waals surface area (Å²) in [5, 5.41) is 5.32. The van der Waals surface area contributed by atoms with Gasteiger partial charge in [0, 0.05) is 19.6 Å². The molecule has 1 atom stereocenters. The molecule has 1 aliphatic heterocycles. The van der Waals surface area contributed by atoms with Crippen molar-refractivity contribution in [1.29, 1.82) is 0 Å². The number of carbonyl (C=O) groups excluding carboxylic acids is 3. The number of hydrogen-bond donors (Lipinski definition) is 2. The molecule has 9 heteroatoms. The van der Waals surface area contributed by atoms with Crippen molar-refractivity contribution in [2.45, 2.75) is 58.1 Å². The van der Waals surface area contributed by atoms with Crippen molar-refractivity contribution in [3.05, 3.63) is 21.3 Å². The highest BCUT2D eigenvalue weighted by Gasteiger charge is 2.29. The van der Waals surface area contributed by atoms with Crippen molar-refractivity contribution in [3.8, 4) is 0 Å². The lowest BCUT2D eigenvalue weighted by molar-refractivity contribution is -0.133. The Morgan fingerprint density at radius 3 is 2.36 bits per heavy atom. The molecule has 1 aromatic rings. The quantitative estimate of drug-likeness (QED) is 0.750.